The summed E-state index contributed by atoms with van der Waals surface area (Å²) in [5.41, 5.74) is 0.332. The van der Waals surface area contributed by atoms with Crippen LogP contribution >= 0.6 is 0 Å². The molecule has 1 aliphatic heterocycles. The molecule has 0 aromatic carbocycles. The van der Waals surface area contributed by atoms with Gasteiger partial charge in [-0.2, -0.15) is 4.98 Å². The molecule has 3 N–H and O–H groups in total. The highest BCUT2D eigenvalue weighted by molar-refractivity contribution is 5.87. The van der Waals surface area contributed by atoms with Crippen LogP contribution in [0.1, 0.15) is 38.5 Å². The number of rotatable bonds is 18. The number of ether oxygens (including phenoxy) is 3. The van der Waals surface area contributed by atoms with Crippen molar-refractivity contribution in [3.63, 3.8) is 0 Å². The van der Waals surface area contributed by atoms with Crippen molar-refractivity contribution in [3.8, 4) is 0 Å². The Morgan fingerprint density at radius 1 is 0.846 bits per heavy atom. The molecule has 2 aromatic heterocycles. The van der Waals surface area contributed by atoms with Crippen molar-refractivity contribution in [2.45, 2.75) is 44.6 Å². The summed E-state index contributed by atoms with van der Waals surface area (Å²) in [4.78, 5) is 37.1. The number of hydrogen-bond acceptors (Lipinski definition) is 12. The molecule has 0 saturated carbocycles. The summed E-state index contributed by atoms with van der Waals surface area (Å²) in [5, 5.41) is 18.8. The van der Waals surface area contributed by atoms with Crippen LogP contribution < -0.4 is 20.3 Å². The van der Waals surface area contributed by atoms with Crippen LogP contribution in [0.2, 0.25) is 0 Å². The zero-order valence-corrected chi connectivity index (χ0v) is 23.6. The summed E-state index contributed by atoms with van der Waals surface area (Å²) >= 11 is 0. The Hall–Kier alpha value is -2.58. The van der Waals surface area contributed by atoms with Gasteiger partial charge in [-0.05, 0) is 38.5 Å². The molecule has 1 fully saturated rings. The van der Waals surface area contributed by atoms with E-state index < -0.39 is 0 Å². The number of methoxy groups -OCH3 is 3. The third-order valence-corrected chi connectivity index (χ3v) is 6.89. The van der Waals surface area contributed by atoms with Crippen LogP contribution in [0.4, 0.5) is 17.7 Å². The lowest BCUT2D eigenvalue weighted by Gasteiger charge is -2.33. The molecule has 13 nitrogen and oxygen atoms in total. The number of piperidine rings is 1. The fourth-order valence-corrected chi connectivity index (χ4v) is 4.76. The third kappa shape index (κ3) is 8.70. The molecule has 1 saturated heterocycles. The van der Waals surface area contributed by atoms with Gasteiger partial charge in [0.2, 0.25) is 11.9 Å². The number of hydrogen-bond donors (Lipinski definition) is 3. The molecule has 2 aromatic rings. The Morgan fingerprint density at radius 3 is 1.97 bits per heavy atom. The molecule has 0 unspecified atom stereocenters. The standard InChI is InChI=1S/C26H45N7O6/c1-37-18-6-12-33(13-7-19-38-2)25-28-22-21(23(29-25)31-14-8-20(39-3)9-15-31)27-26(30-24(22)36)32(10-4-16-34)11-5-17-35/h20,34-35H,4-19H2,1-3H3,(H,27,30,36). The van der Waals surface area contributed by atoms with Gasteiger partial charge < -0.3 is 39.1 Å². The van der Waals surface area contributed by atoms with E-state index in [9.17, 15) is 15.0 Å². The van der Waals surface area contributed by atoms with Crippen molar-refractivity contribution in [3.05, 3.63) is 10.4 Å². The predicted octanol–water partition coefficient (Wildman–Crippen LogP) is 0.779. The number of fused-ring (bicyclic) bond motifs is 1. The summed E-state index contributed by atoms with van der Waals surface area (Å²) in [7, 11) is 5.09. The molecule has 0 atom stereocenters. The van der Waals surface area contributed by atoms with Crippen molar-refractivity contribution in [2.24, 2.45) is 0 Å². The van der Waals surface area contributed by atoms with Crippen LogP contribution in [0, 0.1) is 0 Å². The molecule has 39 heavy (non-hydrogen) atoms. The highest BCUT2D eigenvalue weighted by Gasteiger charge is 2.26. The average molecular weight is 552 g/mol. The van der Waals surface area contributed by atoms with Gasteiger partial charge in [-0.25, -0.2) is 9.97 Å². The molecule has 1 aliphatic rings. The first kappa shape index (κ1) is 31.0. The molecule has 3 rings (SSSR count). The predicted molar refractivity (Wildman–Crippen MR) is 151 cm³/mol. The van der Waals surface area contributed by atoms with Crippen molar-refractivity contribution in [1.29, 1.82) is 0 Å². The highest BCUT2D eigenvalue weighted by Crippen LogP contribution is 2.28. The maximum atomic E-state index is 13.5. The number of anilines is 3. The van der Waals surface area contributed by atoms with Crippen molar-refractivity contribution in [1.82, 2.24) is 19.9 Å². The van der Waals surface area contributed by atoms with E-state index in [1.165, 1.54) is 0 Å². The van der Waals surface area contributed by atoms with Crippen LogP contribution in [0.5, 0.6) is 0 Å². The van der Waals surface area contributed by atoms with Gasteiger partial charge in [0.25, 0.3) is 5.56 Å². The van der Waals surface area contributed by atoms with Crippen LogP contribution in [-0.2, 0) is 14.2 Å². The van der Waals surface area contributed by atoms with E-state index >= 15 is 0 Å². The van der Waals surface area contributed by atoms with Gasteiger partial charge in [0.05, 0.1) is 6.10 Å². The first-order chi connectivity index (χ1) is 19.1. The number of nitrogens with one attached hydrogen (secondary N) is 1. The number of aliphatic hydroxyl groups is 2. The minimum absolute atomic E-state index is 0.0155. The molecule has 0 aliphatic carbocycles. The molecule has 0 radical (unpaired) electrons. The van der Waals surface area contributed by atoms with E-state index in [-0.39, 0.29) is 30.4 Å². The summed E-state index contributed by atoms with van der Waals surface area (Å²) in [6, 6.07) is 0. The lowest BCUT2D eigenvalue weighted by molar-refractivity contribution is 0.0818. The van der Waals surface area contributed by atoms with E-state index in [0.717, 1.165) is 38.8 Å². The summed E-state index contributed by atoms with van der Waals surface area (Å²) < 4.78 is 16.1. The van der Waals surface area contributed by atoms with E-state index in [1.807, 2.05) is 4.90 Å². The highest BCUT2D eigenvalue weighted by atomic mass is 16.5. The molecule has 0 amide bonds. The van der Waals surface area contributed by atoms with Gasteiger partial charge in [-0.1, -0.05) is 0 Å². The van der Waals surface area contributed by atoms with Crippen molar-refractivity contribution in [2.75, 3.05) is 102 Å². The monoisotopic (exact) mass is 551 g/mol. The molecular weight excluding hydrogens is 506 g/mol. The number of aliphatic hydroxyl groups excluding tert-OH is 2. The van der Waals surface area contributed by atoms with E-state index in [4.69, 9.17) is 29.2 Å². The summed E-state index contributed by atoms with van der Waals surface area (Å²) in [6.45, 7) is 5.02. The van der Waals surface area contributed by atoms with Gasteiger partial charge in [0.15, 0.2) is 11.3 Å². The Bertz CT molecular complexity index is 1030. The molecule has 3 heterocycles. The summed E-state index contributed by atoms with van der Waals surface area (Å²) in [6.07, 6.45) is 4.48. The number of aromatic amines is 1. The minimum atomic E-state index is -0.349. The maximum absolute atomic E-state index is 13.5. The second kappa shape index (κ2) is 16.5. The van der Waals surface area contributed by atoms with E-state index in [2.05, 4.69) is 14.8 Å². The largest absolute Gasteiger partial charge is 0.396 e. The van der Waals surface area contributed by atoms with Gasteiger partial charge in [-0.3, -0.25) is 9.78 Å². The molecule has 220 valence electrons. The fraction of sp³-hybridized carbons (Fsp3) is 0.769. The van der Waals surface area contributed by atoms with Gasteiger partial charge in [-0.15, -0.1) is 0 Å². The molecule has 0 bridgehead atoms. The maximum Gasteiger partial charge on any atom is 0.279 e. The fourth-order valence-electron chi connectivity index (χ4n) is 4.76. The Morgan fingerprint density at radius 2 is 1.44 bits per heavy atom. The zero-order chi connectivity index (χ0) is 28.0. The first-order valence-electron chi connectivity index (χ1n) is 13.9. The Labute approximate surface area is 230 Å². The lowest BCUT2D eigenvalue weighted by Crippen LogP contribution is -2.38. The van der Waals surface area contributed by atoms with Crippen LogP contribution in [0.15, 0.2) is 4.79 Å². The second-order valence-corrected chi connectivity index (χ2v) is 9.68. The Kier molecular flexibility index (Phi) is 13.1. The van der Waals surface area contributed by atoms with Crippen LogP contribution in [-0.4, -0.2) is 123 Å². The number of H-pyrrole nitrogens is 1. The van der Waals surface area contributed by atoms with Gasteiger partial charge >= 0.3 is 0 Å². The molecule has 13 heteroatoms. The lowest BCUT2D eigenvalue weighted by atomic mass is 10.1. The van der Waals surface area contributed by atoms with E-state index in [1.54, 1.807) is 21.3 Å². The van der Waals surface area contributed by atoms with Crippen LogP contribution in [0.25, 0.3) is 11.0 Å². The minimum Gasteiger partial charge on any atom is -0.396 e. The van der Waals surface area contributed by atoms with Crippen molar-refractivity contribution >= 4 is 28.7 Å². The van der Waals surface area contributed by atoms with Gasteiger partial charge in [0.1, 0.15) is 5.52 Å². The molecule has 0 spiro atoms. The zero-order valence-electron chi connectivity index (χ0n) is 23.6. The van der Waals surface area contributed by atoms with Crippen LogP contribution in [0.3, 0.4) is 0 Å². The topological polar surface area (TPSA) is 149 Å². The third-order valence-electron chi connectivity index (χ3n) is 6.89. The normalized spacial score (nSPS) is 14.3. The number of aromatic nitrogens is 4. The Balaban J connectivity index is 2.09. The average Bonchev–Trinajstić information content (AvgIpc) is 2.96. The number of nitrogens with zero attached hydrogens (tertiary/aromatic N) is 6. The smallest absolute Gasteiger partial charge is 0.279 e. The van der Waals surface area contributed by atoms with E-state index in [0.29, 0.717) is 75.5 Å². The van der Waals surface area contributed by atoms with Gasteiger partial charge in [0, 0.05) is 87.0 Å². The summed E-state index contributed by atoms with van der Waals surface area (Å²) in [5.74, 6) is 1.50. The quantitative estimate of drug-likeness (QED) is 0.225. The van der Waals surface area contributed by atoms with Crippen molar-refractivity contribution < 1.29 is 24.4 Å². The molecular formula is C26H45N7O6. The first-order valence-corrected chi connectivity index (χ1v) is 13.9. The second-order valence-electron chi connectivity index (χ2n) is 9.68. The SMILES string of the molecule is COCCCN(CCCOC)c1nc(N2CCC(OC)CC2)c2nc(N(CCCO)CCCO)[nH]c(=O)c2n1.